The fraction of sp³-hybridized carbons (Fsp3) is 0.412. The zero-order valence-electron chi connectivity index (χ0n) is 13.7. The van der Waals surface area contributed by atoms with E-state index in [1.165, 1.54) is 0 Å². The number of rotatable bonds is 1. The molecule has 1 amide bonds. The van der Waals surface area contributed by atoms with Gasteiger partial charge < -0.3 is 21.3 Å². The number of nitrogens with zero attached hydrogens (tertiary/aromatic N) is 2. The van der Waals surface area contributed by atoms with Gasteiger partial charge in [-0.05, 0) is 32.4 Å². The lowest BCUT2D eigenvalue weighted by atomic mass is 9.99. The molecule has 1 saturated heterocycles. The maximum Gasteiger partial charge on any atom is 0.221 e. The van der Waals surface area contributed by atoms with Crippen LogP contribution in [0.25, 0.3) is 5.69 Å². The Balaban J connectivity index is 0.000000162. The van der Waals surface area contributed by atoms with Crippen molar-refractivity contribution in [2.24, 2.45) is 11.7 Å². The highest BCUT2D eigenvalue weighted by atomic mass is 16.5. The van der Waals surface area contributed by atoms with Gasteiger partial charge in [-0.3, -0.25) is 9.36 Å². The molecule has 0 saturated carbocycles. The summed E-state index contributed by atoms with van der Waals surface area (Å²) < 4.78 is 1.99. The molecule has 2 aromatic rings. The number of primary amides is 1. The molecule has 3 heterocycles. The molecule has 4 rings (SSSR count). The van der Waals surface area contributed by atoms with Gasteiger partial charge in [-0.2, -0.15) is 0 Å². The van der Waals surface area contributed by atoms with Crippen LogP contribution in [0, 0.1) is 11.1 Å². The van der Waals surface area contributed by atoms with Crippen molar-refractivity contribution in [3.63, 3.8) is 0 Å². The van der Waals surface area contributed by atoms with Crippen molar-refractivity contribution in [2.45, 2.75) is 25.8 Å². The molecule has 0 spiro atoms. The van der Waals surface area contributed by atoms with E-state index in [2.05, 4.69) is 10.3 Å². The van der Waals surface area contributed by atoms with Crippen LogP contribution in [0.1, 0.15) is 31.5 Å². The summed E-state index contributed by atoms with van der Waals surface area (Å²) in [5, 5.41) is 15.3. The molecule has 2 aliphatic heterocycles. The average Bonchev–Trinajstić information content (AvgIpc) is 3.11. The van der Waals surface area contributed by atoms with Crippen LogP contribution in [-0.4, -0.2) is 28.5 Å². The third-order valence-corrected chi connectivity index (χ3v) is 4.63. The summed E-state index contributed by atoms with van der Waals surface area (Å²) in [6, 6.07) is 7.56. The van der Waals surface area contributed by atoms with Gasteiger partial charge in [0.1, 0.15) is 17.4 Å². The number of hydroxylamine groups is 1. The van der Waals surface area contributed by atoms with E-state index in [0.717, 1.165) is 43.0 Å². The van der Waals surface area contributed by atoms with E-state index in [9.17, 15) is 10.0 Å². The maximum atomic E-state index is 12.0. The number of nitrogens with two attached hydrogens (primary N) is 1. The fourth-order valence-electron chi connectivity index (χ4n) is 3.18. The minimum absolute atomic E-state index is 0.0822. The van der Waals surface area contributed by atoms with Gasteiger partial charge in [-0.25, -0.2) is 4.98 Å². The summed E-state index contributed by atoms with van der Waals surface area (Å²) in [5.74, 6) is -0.0825. The second kappa shape index (κ2) is 7.12. The minimum Gasteiger partial charge on any atom is -0.628 e. The molecule has 1 aromatic heterocycles. The Labute approximate surface area is 141 Å². The highest BCUT2D eigenvalue weighted by Gasteiger charge is 2.27. The number of imidazole rings is 1. The number of aromatic nitrogens is 2. The molecular weight excluding hydrogens is 306 g/mol. The van der Waals surface area contributed by atoms with E-state index < -0.39 is 0 Å². The van der Waals surface area contributed by atoms with Crippen molar-refractivity contribution in [3.8, 4) is 5.69 Å². The van der Waals surface area contributed by atoms with Crippen LogP contribution in [0.3, 0.4) is 0 Å². The Morgan fingerprint density at radius 3 is 2.92 bits per heavy atom. The molecule has 7 nitrogen and oxygen atoms in total. The first-order valence-electron chi connectivity index (χ1n) is 8.25. The third-order valence-electron chi connectivity index (χ3n) is 4.63. The number of fused-ring (bicyclic) bond motifs is 3. The number of piperidine rings is 1. The normalized spacial score (nSPS) is 25.0. The number of quaternary nitrogens is 1. The Hall–Kier alpha value is -2.22. The van der Waals surface area contributed by atoms with E-state index in [-0.39, 0.29) is 22.9 Å². The van der Waals surface area contributed by atoms with E-state index in [1.54, 1.807) is 12.5 Å². The second-order valence-electron chi connectivity index (χ2n) is 6.24. The summed E-state index contributed by atoms with van der Waals surface area (Å²) in [6.07, 6.45) is 5.56. The van der Waals surface area contributed by atoms with Crippen molar-refractivity contribution in [1.82, 2.24) is 14.9 Å². The topological polar surface area (TPSA) is 100 Å². The van der Waals surface area contributed by atoms with Crippen molar-refractivity contribution in [3.05, 3.63) is 47.7 Å². The molecule has 0 radical (unpaired) electrons. The van der Waals surface area contributed by atoms with E-state index in [4.69, 9.17) is 5.73 Å². The predicted molar refractivity (Wildman–Crippen MR) is 90.8 cm³/mol. The number of benzene rings is 1. The maximum absolute atomic E-state index is 12.0. The largest absolute Gasteiger partial charge is 0.628 e. The van der Waals surface area contributed by atoms with Gasteiger partial charge in [0.2, 0.25) is 5.91 Å². The second-order valence-corrected chi connectivity index (χ2v) is 6.24. The highest BCUT2D eigenvalue weighted by molar-refractivity contribution is 5.76. The Bertz CT molecular complexity index is 709. The molecule has 7 heteroatoms. The number of para-hydroxylation sites is 2. The highest BCUT2D eigenvalue weighted by Crippen LogP contribution is 2.26. The van der Waals surface area contributed by atoms with Crippen molar-refractivity contribution < 1.29 is 9.86 Å². The van der Waals surface area contributed by atoms with E-state index >= 15 is 0 Å². The third kappa shape index (κ3) is 3.19. The zero-order chi connectivity index (χ0) is 17.1. The van der Waals surface area contributed by atoms with Crippen LogP contribution in [0.2, 0.25) is 0 Å². The van der Waals surface area contributed by atoms with Gasteiger partial charge in [-0.1, -0.05) is 12.1 Å². The lowest BCUT2D eigenvalue weighted by Crippen LogP contribution is -3.03. The number of hydrogen-bond donors (Lipinski definition) is 3. The van der Waals surface area contributed by atoms with Crippen LogP contribution in [0.15, 0.2) is 36.8 Å². The molecule has 2 aliphatic rings. The number of hydrogen-bond acceptors (Lipinski definition) is 4. The minimum atomic E-state index is -0.165. The summed E-state index contributed by atoms with van der Waals surface area (Å²) in [6.45, 7) is 3.73. The zero-order valence-corrected chi connectivity index (χ0v) is 13.7. The van der Waals surface area contributed by atoms with Crippen LogP contribution in [-0.2, 0) is 4.79 Å². The molecule has 0 bridgehead atoms. The molecule has 3 unspecified atom stereocenters. The first-order valence-corrected chi connectivity index (χ1v) is 8.25. The van der Waals surface area contributed by atoms with E-state index in [0.29, 0.717) is 0 Å². The SMILES string of the molecule is CC1c2cncn2-c2ccccc2[NH+]1[O-].NC(=O)C1CCCNC1. The van der Waals surface area contributed by atoms with Gasteiger partial charge in [0.25, 0.3) is 0 Å². The van der Waals surface area contributed by atoms with Gasteiger partial charge in [-0.15, -0.1) is 0 Å². The molecule has 3 atom stereocenters. The van der Waals surface area contributed by atoms with Crippen molar-refractivity contribution in [1.29, 1.82) is 0 Å². The number of carbonyl (C=O) groups excluding carboxylic acids is 1. The summed E-state index contributed by atoms with van der Waals surface area (Å²) in [7, 11) is 0. The molecule has 1 aromatic carbocycles. The summed E-state index contributed by atoms with van der Waals surface area (Å²) >= 11 is 0. The fourth-order valence-corrected chi connectivity index (χ4v) is 3.18. The number of carbonyl (C=O) groups is 1. The van der Waals surface area contributed by atoms with E-state index in [1.807, 2.05) is 35.8 Å². The van der Waals surface area contributed by atoms with Crippen LogP contribution in [0.5, 0.6) is 0 Å². The van der Waals surface area contributed by atoms with Gasteiger partial charge in [0.15, 0.2) is 5.69 Å². The van der Waals surface area contributed by atoms with Gasteiger partial charge in [0, 0.05) is 12.6 Å². The lowest BCUT2D eigenvalue weighted by Gasteiger charge is -2.34. The first-order chi connectivity index (χ1) is 11.6. The Morgan fingerprint density at radius 1 is 1.46 bits per heavy atom. The monoisotopic (exact) mass is 329 g/mol. The van der Waals surface area contributed by atoms with Crippen LogP contribution >= 0.6 is 0 Å². The first kappa shape index (κ1) is 16.6. The van der Waals surface area contributed by atoms with Crippen molar-refractivity contribution >= 4 is 11.6 Å². The van der Waals surface area contributed by atoms with Crippen LogP contribution < -0.4 is 16.1 Å². The standard InChI is InChI=1S/C11H11N3O.C6H12N2O/c1-8-11-6-12-7-13(11)9-4-2-3-5-10(9)14(8)15;7-6(9)5-2-1-3-8-4-5/h2-8,14H,1H3;5,8H,1-4H2,(H2,7,9). The molecule has 128 valence electrons. The van der Waals surface area contributed by atoms with Crippen molar-refractivity contribution in [2.75, 3.05) is 13.1 Å². The Morgan fingerprint density at radius 2 is 2.25 bits per heavy atom. The molecule has 1 fully saturated rings. The number of amides is 1. The average molecular weight is 329 g/mol. The number of nitrogens with one attached hydrogen (secondary N) is 2. The summed E-state index contributed by atoms with van der Waals surface area (Å²) in [5.41, 5.74) is 7.78. The molecule has 0 aliphatic carbocycles. The lowest BCUT2D eigenvalue weighted by molar-refractivity contribution is -0.813. The summed E-state index contributed by atoms with van der Waals surface area (Å²) in [4.78, 5) is 14.6. The quantitative estimate of drug-likeness (QED) is 0.661. The smallest absolute Gasteiger partial charge is 0.221 e. The molecular formula is C17H23N5O2. The predicted octanol–water partition coefficient (Wildman–Crippen LogP) is 0.432. The molecule has 24 heavy (non-hydrogen) atoms. The molecule has 4 N–H and O–H groups in total. The van der Waals surface area contributed by atoms with Crippen LogP contribution in [0.4, 0.5) is 5.69 Å². The Kier molecular flexibility index (Phi) is 4.94. The van der Waals surface area contributed by atoms with Gasteiger partial charge in [0.05, 0.1) is 18.4 Å². The van der Waals surface area contributed by atoms with Gasteiger partial charge >= 0.3 is 0 Å².